The lowest BCUT2D eigenvalue weighted by atomic mass is 10.3. The zero-order valence-electron chi connectivity index (χ0n) is 12.8. The topological polar surface area (TPSA) is 98.0 Å². The third-order valence-electron chi connectivity index (χ3n) is 3.09. The predicted molar refractivity (Wildman–Crippen MR) is 87.9 cm³/mol. The van der Waals surface area contributed by atoms with Crippen molar-refractivity contribution < 1.29 is 28.6 Å². The van der Waals surface area contributed by atoms with Crippen molar-refractivity contribution in [2.75, 3.05) is 13.7 Å². The van der Waals surface area contributed by atoms with Crippen LogP contribution >= 0.6 is 15.9 Å². The third kappa shape index (κ3) is 5.10. The van der Waals surface area contributed by atoms with Gasteiger partial charge in [-0.1, -0.05) is 15.9 Å². The van der Waals surface area contributed by atoms with E-state index in [0.717, 1.165) is 4.47 Å². The van der Waals surface area contributed by atoms with Crippen molar-refractivity contribution in [3.05, 3.63) is 52.4 Å². The second-order valence-corrected chi connectivity index (χ2v) is 5.70. The number of halogens is 1. The maximum Gasteiger partial charge on any atom is 0.334 e. The number of ether oxygens (including phenoxy) is 2. The lowest BCUT2D eigenvalue weighted by molar-refractivity contribution is -0.148. The van der Waals surface area contributed by atoms with Crippen LogP contribution in [-0.2, 0) is 16.1 Å². The first-order valence-corrected chi connectivity index (χ1v) is 7.79. The van der Waals surface area contributed by atoms with Crippen LogP contribution in [0.15, 0.2) is 45.3 Å². The number of furan rings is 1. The van der Waals surface area contributed by atoms with E-state index in [4.69, 9.17) is 19.0 Å². The van der Waals surface area contributed by atoms with Gasteiger partial charge in [-0.25, -0.2) is 4.79 Å². The van der Waals surface area contributed by atoms with Gasteiger partial charge >= 0.3 is 5.97 Å². The van der Waals surface area contributed by atoms with E-state index in [1.54, 1.807) is 18.2 Å². The minimum Gasteiger partial charge on any atom is -0.486 e. The second-order valence-electron chi connectivity index (χ2n) is 4.78. The Morgan fingerprint density at radius 3 is 2.58 bits per heavy atom. The number of methoxy groups -OCH3 is 1. The Balaban J connectivity index is 1.86. The number of carboxylic acids is 1. The number of carbonyl (C=O) groups is 2. The Kier molecular flexibility index (Phi) is 6.39. The molecule has 2 N–H and O–H groups in total. The number of benzene rings is 1. The molecule has 1 heterocycles. The minimum absolute atomic E-state index is 0.0737. The summed E-state index contributed by atoms with van der Waals surface area (Å²) in [6.45, 7) is 0.0147. The fourth-order valence-electron chi connectivity index (χ4n) is 1.81. The van der Waals surface area contributed by atoms with Gasteiger partial charge in [0.15, 0.2) is 11.9 Å². The molecule has 1 atom stereocenters. The van der Waals surface area contributed by atoms with Gasteiger partial charge in [-0.2, -0.15) is 0 Å². The number of aliphatic carboxylic acids is 1. The summed E-state index contributed by atoms with van der Waals surface area (Å²) in [5.74, 6) is -0.451. The van der Waals surface area contributed by atoms with Crippen LogP contribution in [-0.4, -0.2) is 36.7 Å². The number of rotatable bonds is 8. The van der Waals surface area contributed by atoms with E-state index in [1.165, 1.54) is 13.2 Å². The fourth-order valence-corrected chi connectivity index (χ4v) is 2.07. The summed E-state index contributed by atoms with van der Waals surface area (Å²) in [4.78, 5) is 22.7. The molecule has 1 aromatic carbocycles. The van der Waals surface area contributed by atoms with Gasteiger partial charge in [0.2, 0.25) is 0 Å². The molecule has 7 nitrogen and oxygen atoms in total. The molecule has 0 saturated carbocycles. The summed E-state index contributed by atoms with van der Waals surface area (Å²) in [5.41, 5.74) is 0. The molecule has 0 aliphatic heterocycles. The van der Waals surface area contributed by atoms with Crippen LogP contribution in [0.5, 0.6) is 5.75 Å². The van der Waals surface area contributed by atoms with Crippen LogP contribution in [0, 0.1) is 0 Å². The summed E-state index contributed by atoms with van der Waals surface area (Å²) >= 11 is 3.34. The molecule has 0 aliphatic carbocycles. The zero-order chi connectivity index (χ0) is 17.5. The Bertz CT molecular complexity index is 697. The molecule has 1 aromatic heterocycles. The Morgan fingerprint density at radius 2 is 1.96 bits per heavy atom. The first-order valence-electron chi connectivity index (χ1n) is 7.00. The first-order chi connectivity index (χ1) is 11.5. The van der Waals surface area contributed by atoms with Crippen molar-refractivity contribution >= 4 is 27.8 Å². The molecule has 0 aliphatic rings. The van der Waals surface area contributed by atoms with Crippen molar-refractivity contribution in [1.29, 1.82) is 0 Å². The summed E-state index contributed by atoms with van der Waals surface area (Å²) in [5, 5.41) is 11.3. The quantitative estimate of drug-likeness (QED) is 0.709. The molecule has 0 bridgehead atoms. The van der Waals surface area contributed by atoms with Gasteiger partial charge in [0, 0.05) is 11.6 Å². The average molecular weight is 398 g/mol. The van der Waals surface area contributed by atoms with Crippen LogP contribution in [0.4, 0.5) is 0 Å². The summed E-state index contributed by atoms with van der Waals surface area (Å²) in [6, 6.07) is 10.4. The Labute approximate surface area is 146 Å². The maximum absolute atomic E-state index is 11.9. The van der Waals surface area contributed by atoms with Gasteiger partial charge in [-0.3, -0.25) is 4.79 Å². The molecule has 1 amide bonds. The van der Waals surface area contributed by atoms with Crippen LogP contribution in [0.2, 0.25) is 0 Å². The van der Waals surface area contributed by atoms with Crippen LogP contribution in [0.3, 0.4) is 0 Å². The number of hydrogen-bond donors (Lipinski definition) is 2. The van der Waals surface area contributed by atoms with Gasteiger partial charge in [0.05, 0.1) is 6.54 Å². The van der Waals surface area contributed by atoms with E-state index in [0.29, 0.717) is 11.5 Å². The third-order valence-corrected chi connectivity index (χ3v) is 3.62. The van der Waals surface area contributed by atoms with E-state index in [2.05, 4.69) is 21.2 Å². The highest BCUT2D eigenvalue weighted by Gasteiger charge is 2.19. The van der Waals surface area contributed by atoms with Crippen LogP contribution < -0.4 is 10.1 Å². The molecule has 2 aromatic rings. The summed E-state index contributed by atoms with van der Waals surface area (Å²) in [6.07, 6.45) is -1.11. The van der Waals surface area contributed by atoms with Crippen molar-refractivity contribution in [3.63, 3.8) is 0 Å². The highest BCUT2D eigenvalue weighted by Crippen LogP contribution is 2.18. The maximum atomic E-state index is 11.9. The average Bonchev–Trinajstić information content (AvgIpc) is 3.03. The molecule has 1 unspecified atom stereocenters. The lowest BCUT2D eigenvalue weighted by Crippen LogP contribution is -2.37. The van der Waals surface area contributed by atoms with E-state index in [1.807, 2.05) is 12.1 Å². The largest absolute Gasteiger partial charge is 0.486 e. The van der Waals surface area contributed by atoms with Crippen LogP contribution in [0.1, 0.15) is 16.3 Å². The molecule has 0 spiro atoms. The van der Waals surface area contributed by atoms with Gasteiger partial charge in [-0.05, 0) is 36.4 Å². The Hall–Kier alpha value is -2.32. The first kappa shape index (κ1) is 18.0. The standard InChI is InChI=1S/C16H16BrNO6/c1-22-14(16(20)21)8-18-15(19)13-7-6-12(24-13)9-23-11-4-2-10(17)3-5-11/h2-7,14H,8-9H2,1H3,(H,18,19)(H,20,21). The van der Waals surface area contributed by atoms with E-state index < -0.39 is 18.0 Å². The smallest absolute Gasteiger partial charge is 0.334 e. The van der Waals surface area contributed by atoms with Gasteiger partial charge < -0.3 is 24.3 Å². The lowest BCUT2D eigenvalue weighted by Gasteiger charge is -2.10. The SMILES string of the molecule is COC(CNC(=O)c1ccc(COc2ccc(Br)cc2)o1)C(=O)O. The van der Waals surface area contributed by atoms with Crippen molar-refractivity contribution in [2.24, 2.45) is 0 Å². The highest BCUT2D eigenvalue weighted by molar-refractivity contribution is 9.10. The van der Waals surface area contributed by atoms with Crippen molar-refractivity contribution in [3.8, 4) is 5.75 Å². The summed E-state index contributed by atoms with van der Waals surface area (Å²) < 4.78 is 16.6. The Morgan fingerprint density at radius 1 is 1.25 bits per heavy atom. The minimum atomic E-state index is -1.15. The second kappa shape index (κ2) is 8.51. The molecule has 0 saturated heterocycles. The number of hydrogen-bond acceptors (Lipinski definition) is 5. The zero-order valence-corrected chi connectivity index (χ0v) is 14.4. The molecule has 2 rings (SSSR count). The fraction of sp³-hybridized carbons (Fsp3) is 0.250. The van der Waals surface area contributed by atoms with Crippen molar-refractivity contribution in [1.82, 2.24) is 5.32 Å². The van der Waals surface area contributed by atoms with Gasteiger partial charge in [-0.15, -0.1) is 0 Å². The van der Waals surface area contributed by atoms with Crippen molar-refractivity contribution in [2.45, 2.75) is 12.7 Å². The van der Waals surface area contributed by atoms with E-state index in [9.17, 15) is 9.59 Å². The molecular formula is C16H16BrNO6. The predicted octanol–water partition coefficient (Wildman–Crippen LogP) is 2.45. The monoisotopic (exact) mass is 397 g/mol. The molecule has 24 heavy (non-hydrogen) atoms. The number of nitrogens with one attached hydrogen (secondary N) is 1. The molecular weight excluding hydrogens is 382 g/mol. The molecule has 128 valence electrons. The molecule has 0 fully saturated rings. The van der Waals surface area contributed by atoms with E-state index >= 15 is 0 Å². The van der Waals surface area contributed by atoms with Gasteiger partial charge in [0.1, 0.15) is 18.1 Å². The summed E-state index contributed by atoms with van der Waals surface area (Å²) in [7, 11) is 1.26. The normalized spacial score (nSPS) is 11.8. The number of carbonyl (C=O) groups excluding carboxylic acids is 1. The molecule has 8 heteroatoms. The van der Waals surface area contributed by atoms with Crippen LogP contribution in [0.25, 0.3) is 0 Å². The highest BCUT2D eigenvalue weighted by atomic mass is 79.9. The van der Waals surface area contributed by atoms with E-state index in [-0.39, 0.29) is 18.9 Å². The molecule has 0 radical (unpaired) electrons. The number of carboxylic acid groups (broad SMARTS) is 1. The van der Waals surface area contributed by atoms with Gasteiger partial charge in [0.25, 0.3) is 5.91 Å². The number of amides is 1.